The van der Waals surface area contributed by atoms with Crippen LogP contribution in [0.25, 0.3) is 0 Å². The largest absolute Gasteiger partial charge is 0.302 e. The SMILES string of the molecule is CCN(CC=O)C1CC1. The van der Waals surface area contributed by atoms with E-state index in [2.05, 4.69) is 11.8 Å². The molecular weight excluding hydrogens is 114 g/mol. The van der Waals surface area contributed by atoms with Crippen LogP contribution < -0.4 is 0 Å². The fourth-order valence-electron chi connectivity index (χ4n) is 1.07. The van der Waals surface area contributed by atoms with Crippen LogP contribution in [-0.4, -0.2) is 30.3 Å². The lowest BCUT2D eigenvalue weighted by molar-refractivity contribution is -0.108. The van der Waals surface area contributed by atoms with Gasteiger partial charge in [-0.25, -0.2) is 0 Å². The molecule has 0 amide bonds. The number of carbonyl (C=O) groups excluding carboxylic acids is 1. The number of rotatable bonds is 4. The lowest BCUT2D eigenvalue weighted by Crippen LogP contribution is -2.27. The zero-order valence-electron chi connectivity index (χ0n) is 5.84. The monoisotopic (exact) mass is 127 g/mol. The molecular formula is C7H13NO. The van der Waals surface area contributed by atoms with E-state index in [1.807, 2.05) is 0 Å². The Morgan fingerprint density at radius 3 is 2.67 bits per heavy atom. The van der Waals surface area contributed by atoms with Crippen molar-refractivity contribution in [1.29, 1.82) is 0 Å². The van der Waals surface area contributed by atoms with Gasteiger partial charge in [-0.3, -0.25) is 4.90 Å². The first-order chi connectivity index (χ1) is 4.38. The second kappa shape index (κ2) is 2.97. The van der Waals surface area contributed by atoms with Crippen molar-refractivity contribution >= 4 is 6.29 Å². The summed E-state index contributed by atoms with van der Waals surface area (Å²) in [6.07, 6.45) is 3.57. The molecule has 2 nitrogen and oxygen atoms in total. The van der Waals surface area contributed by atoms with E-state index in [1.165, 1.54) is 12.8 Å². The average Bonchev–Trinajstić information content (AvgIpc) is 2.64. The highest BCUT2D eigenvalue weighted by molar-refractivity contribution is 5.52. The van der Waals surface area contributed by atoms with Crippen molar-refractivity contribution in [3.05, 3.63) is 0 Å². The Balaban J connectivity index is 2.20. The summed E-state index contributed by atoms with van der Waals surface area (Å²) in [5.74, 6) is 0. The molecule has 0 aliphatic heterocycles. The van der Waals surface area contributed by atoms with E-state index in [9.17, 15) is 4.79 Å². The lowest BCUT2D eigenvalue weighted by Gasteiger charge is -2.14. The van der Waals surface area contributed by atoms with Crippen molar-refractivity contribution in [3.8, 4) is 0 Å². The van der Waals surface area contributed by atoms with Gasteiger partial charge >= 0.3 is 0 Å². The molecule has 0 atom stereocenters. The summed E-state index contributed by atoms with van der Waals surface area (Å²) in [4.78, 5) is 12.3. The molecule has 0 spiro atoms. The summed E-state index contributed by atoms with van der Waals surface area (Å²) in [5, 5.41) is 0. The molecule has 1 aliphatic carbocycles. The molecule has 0 N–H and O–H groups in total. The third-order valence-electron chi connectivity index (χ3n) is 1.78. The zero-order chi connectivity index (χ0) is 6.69. The average molecular weight is 127 g/mol. The van der Waals surface area contributed by atoms with Crippen LogP contribution in [-0.2, 0) is 4.79 Å². The zero-order valence-corrected chi connectivity index (χ0v) is 5.84. The fourth-order valence-corrected chi connectivity index (χ4v) is 1.07. The molecule has 0 aromatic carbocycles. The Kier molecular flexibility index (Phi) is 2.22. The Morgan fingerprint density at radius 2 is 2.33 bits per heavy atom. The summed E-state index contributed by atoms with van der Waals surface area (Å²) >= 11 is 0. The molecule has 1 rings (SSSR count). The van der Waals surface area contributed by atoms with Crippen molar-refractivity contribution in [1.82, 2.24) is 4.90 Å². The predicted octanol–water partition coefficient (Wildman–Crippen LogP) is 0.670. The van der Waals surface area contributed by atoms with Gasteiger partial charge in [0.2, 0.25) is 0 Å². The Hall–Kier alpha value is -0.370. The van der Waals surface area contributed by atoms with Gasteiger partial charge in [0.15, 0.2) is 0 Å². The van der Waals surface area contributed by atoms with E-state index < -0.39 is 0 Å². The molecule has 0 aromatic rings. The standard InChI is InChI=1S/C7H13NO/c1-2-8(5-6-9)7-3-4-7/h6-7H,2-5H2,1H3. The predicted molar refractivity (Wildman–Crippen MR) is 36.3 cm³/mol. The van der Waals surface area contributed by atoms with Crippen molar-refractivity contribution in [2.45, 2.75) is 25.8 Å². The molecule has 2 heteroatoms. The van der Waals surface area contributed by atoms with Crippen LogP contribution in [0.2, 0.25) is 0 Å². The van der Waals surface area contributed by atoms with E-state index in [-0.39, 0.29) is 0 Å². The van der Waals surface area contributed by atoms with Gasteiger partial charge in [-0.05, 0) is 19.4 Å². The molecule has 0 bridgehead atoms. The van der Waals surface area contributed by atoms with E-state index in [0.717, 1.165) is 18.9 Å². The topological polar surface area (TPSA) is 20.3 Å². The molecule has 1 aliphatic rings. The first-order valence-electron chi connectivity index (χ1n) is 3.56. The van der Waals surface area contributed by atoms with Crippen LogP contribution in [0.5, 0.6) is 0 Å². The van der Waals surface area contributed by atoms with Gasteiger partial charge in [0, 0.05) is 6.04 Å². The Labute approximate surface area is 55.8 Å². The van der Waals surface area contributed by atoms with Gasteiger partial charge in [-0.1, -0.05) is 6.92 Å². The minimum atomic E-state index is 0.626. The number of nitrogens with zero attached hydrogens (tertiary/aromatic N) is 1. The maximum Gasteiger partial charge on any atom is 0.133 e. The van der Waals surface area contributed by atoms with E-state index in [4.69, 9.17) is 0 Å². The fraction of sp³-hybridized carbons (Fsp3) is 0.857. The van der Waals surface area contributed by atoms with E-state index in [1.54, 1.807) is 0 Å². The maximum absolute atomic E-state index is 10.1. The minimum absolute atomic E-state index is 0.626. The second-order valence-corrected chi connectivity index (χ2v) is 2.49. The van der Waals surface area contributed by atoms with Gasteiger partial charge < -0.3 is 4.79 Å². The van der Waals surface area contributed by atoms with Crippen LogP contribution in [0, 0.1) is 0 Å². The first kappa shape index (κ1) is 6.75. The summed E-state index contributed by atoms with van der Waals surface area (Å²) in [7, 11) is 0. The van der Waals surface area contributed by atoms with Gasteiger partial charge in [0.1, 0.15) is 6.29 Å². The third kappa shape index (κ3) is 1.79. The van der Waals surface area contributed by atoms with E-state index >= 15 is 0 Å². The molecule has 0 radical (unpaired) electrons. The molecule has 0 heterocycles. The number of hydrogen-bond donors (Lipinski definition) is 0. The highest BCUT2D eigenvalue weighted by Crippen LogP contribution is 2.25. The molecule has 0 unspecified atom stereocenters. The lowest BCUT2D eigenvalue weighted by atomic mass is 10.5. The summed E-state index contributed by atoms with van der Waals surface area (Å²) in [6, 6.07) is 0.736. The summed E-state index contributed by atoms with van der Waals surface area (Å²) in [6.45, 7) is 3.74. The van der Waals surface area contributed by atoms with Crippen LogP contribution in [0.3, 0.4) is 0 Å². The van der Waals surface area contributed by atoms with Gasteiger partial charge in [-0.2, -0.15) is 0 Å². The number of aldehydes is 1. The third-order valence-corrected chi connectivity index (χ3v) is 1.78. The highest BCUT2D eigenvalue weighted by Gasteiger charge is 2.26. The van der Waals surface area contributed by atoms with E-state index in [0.29, 0.717) is 6.54 Å². The highest BCUT2D eigenvalue weighted by atomic mass is 16.1. The Morgan fingerprint density at radius 1 is 1.67 bits per heavy atom. The van der Waals surface area contributed by atoms with Crippen LogP contribution in [0.4, 0.5) is 0 Å². The summed E-state index contributed by atoms with van der Waals surface area (Å²) < 4.78 is 0. The molecule has 0 aromatic heterocycles. The van der Waals surface area contributed by atoms with Gasteiger partial charge in [0.25, 0.3) is 0 Å². The number of likely N-dealkylation sites (N-methyl/N-ethyl adjacent to an activating group) is 1. The van der Waals surface area contributed by atoms with Gasteiger partial charge in [0.05, 0.1) is 6.54 Å². The smallest absolute Gasteiger partial charge is 0.133 e. The van der Waals surface area contributed by atoms with Gasteiger partial charge in [-0.15, -0.1) is 0 Å². The number of hydrogen-bond acceptors (Lipinski definition) is 2. The van der Waals surface area contributed by atoms with Crippen LogP contribution in [0.15, 0.2) is 0 Å². The first-order valence-corrected chi connectivity index (χ1v) is 3.56. The minimum Gasteiger partial charge on any atom is -0.302 e. The second-order valence-electron chi connectivity index (χ2n) is 2.49. The quantitative estimate of drug-likeness (QED) is 0.517. The van der Waals surface area contributed by atoms with Crippen molar-refractivity contribution in [3.63, 3.8) is 0 Å². The molecule has 1 fully saturated rings. The summed E-state index contributed by atoms with van der Waals surface area (Å²) in [5.41, 5.74) is 0. The molecule has 9 heavy (non-hydrogen) atoms. The molecule has 52 valence electrons. The number of carbonyl (C=O) groups is 1. The van der Waals surface area contributed by atoms with Crippen LogP contribution >= 0.6 is 0 Å². The van der Waals surface area contributed by atoms with Crippen molar-refractivity contribution < 1.29 is 4.79 Å². The normalized spacial score (nSPS) is 18.4. The van der Waals surface area contributed by atoms with Crippen LogP contribution in [0.1, 0.15) is 19.8 Å². The van der Waals surface area contributed by atoms with Crippen molar-refractivity contribution in [2.75, 3.05) is 13.1 Å². The molecule has 0 saturated heterocycles. The van der Waals surface area contributed by atoms with Crippen molar-refractivity contribution in [2.24, 2.45) is 0 Å². The molecule has 1 saturated carbocycles. The Bertz CT molecular complexity index is 99.1. The maximum atomic E-state index is 10.1.